The third kappa shape index (κ3) is 4.55. The molecule has 2 rings (SSSR count). The molecule has 4 nitrogen and oxygen atoms in total. The highest BCUT2D eigenvalue weighted by molar-refractivity contribution is 7.16. The quantitative estimate of drug-likeness (QED) is 0.637. The number of nitrogens with one attached hydrogen (secondary N) is 1. The van der Waals surface area contributed by atoms with Crippen LogP contribution in [0, 0.1) is 6.92 Å². The average Bonchev–Trinajstić information content (AvgIpc) is 2.92. The number of thiophene rings is 1. The van der Waals surface area contributed by atoms with E-state index in [1.165, 1.54) is 30.1 Å². The van der Waals surface area contributed by atoms with Crippen LogP contribution in [0.4, 0.5) is 5.00 Å². The van der Waals surface area contributed by atoms with Gasteiger partial charge in [0.1, 0.15) is 5.00 Å². The Labute approximate surface area is 146 Å². The Hall–Kier alpha value is -2.40. The first-order valence-electron chi connectivity index (χ1n) is 7.68. The summed E-state index contributed by atoms with van der Waals surface area (Å²) in [5.74, 6) is -0.261. The van der Waals surface area contributed by atoms with E-state index < -0.39 is 5.97 Å². The van der Waals surface area contributed by atoms with Crippen molar-refractivity contribution in [1.82, 2.24) is 0 Å². The summed E-state index contributed by atoms with van der Waals surface area (Å²) in [5.41, 5.74) is 2.58. The number of hydrogen-bond donors (Lipinski definition) is 1. The maximum absolute atomic E-state index is 12.1. The zero-order valence-electron chi connectivity index (χ0n) is 14.3. The standard InChI is InChI=1S/C19H21NO3S/c1-12(2)15-8-5-14(6-9-15)7-10-17(21)20-18-16(19(22)23-4)11-13(3)24-18/h5-12H,1-4H3,(H,20,21)/b10-7+. The van der Waals surface area contributed by atoms with Gasteiger partial charge in [-0.15, -0.1) is 11.3 Å². The van der Waals surface area contributed by atoms with Crippen LogP contribution in [0.1, 0.15) is 46.1 Å². The second-order valence-corrected chi connectivity index (χ2v) is 6.99. The summed E-state index contributed by atoms with van der Waals surface area (Å²) in [6, 6.07) is 9.78. The number of benzene rings is 1. The molecule has 0 aliphatic rings. The molecular weight excluding hydrogens is 322 g/mol. The lowest BCUT2D eigenvalue weighted by Gasteiger charge is -2.05. The normalized spacial score (nSPS) is 11.0. The smallest absolute Gasteiger partial charge is 0.340 e. The number of methoxy groups -OCH3 is 1. The highest BCUT2D eigenvalue weighted by atomic mass is 32.1. The summed E-state index contributed by atoms with van der Waals surface area (Å²) in [7, 11) is 1.32. The number of ether oxygens (including phenoxy) is 1. The summed E-state index contributed by atoms with van der Waals surface area (Å²) in [6.07, 6.45) is 3.21. The summed E-state index contributed by atoms with van der Waals surface area (Å²) in [6.45, 7) is 6.15. The maximum Gasteiger partial charge on any atom is 0.340 e. The van der Waals surface area contributed by atoms with Gasteiger partial charge in [-0.3, -0.25) is 4.79 Å². The van der Waals surface area contributed by atoms with Crippen LogP contribution in [-0.2, 0) is 9.53 Å². The molecular formula is C19H21NO3S. The molecule has 0 unspecified atom stereocenters. The van der Waals surface area contributed by atoms with Crippen molar-refractivity contribution in [2.24, 2.45) is 0 Å². The minimum Gasteiger partial charge on any atom is -0.465 e. The van der Waals surface area contributed by atoms with Gasteiger partial charge in [0.05, 0.1) is 12.7 Å². The third-order valence-corrected chi connectivity index (χ3v) is 4.49. The van der Waals surface area contributed by atoms with E-state index in [1.807, 2.05) is 19.1 Å². The van der Waals surface area contributed by atoms with E-state index >= 15 is 0 Å². The summed E-state index contributed by atoms with van der Waals surface area (Å²) in [5, 5.41) is 3.24. The van der Waals surface area contributed by atoms with Gasteiger partial charge in [-0.25, -0.2) is 4.79 Å². The second kappa shape index (κ2) is 7.93. The minimum absolute atomic E-state index is 0.282. The molecule has 0 bridgehead atoms. The topological polar surface area (TPSA) is 55.4 Å². The van der Waals surface area contributed by atoms with Gasteiger partial charge >= 0.3 is 5.97 Å². The Kier molecular flexibility index (Phi) is 5.93. The number of carbonyl (C=O) groups excluding carboxylic acids is 2. The van der Waals surface area contributed by atoms with Crippen LogP contribution in [0.5, 0.6) is 0 Å². The Morgan fingerprint density at radius 1 is 1.21 bits per heavy atom. The van der Waals surface area contributed by atoms with Gasteiger partial charge in [0.15, 0.2) is 0 Å². The molecule has 1 aromatic carbocycles. The molecule has 2 aromatic rings. The van der Waals surface area contributed by atoms with Crippen LogP contribution in [0.3, 0.4) is 0 Å². The van der Waals surface area contributed by atoms with Crippen LogP contribution in [-0.4, -0.2) is 19.0 Å². The molecule has 24 heavy (non-hydrogen) atoms. The Morgan fingerprint density at radius 3 is 2.46 bits per heavy atom. The van der Waals surface area contributed by atoms with E-state index in [4.69, 9.17) is 4.74 Å². The number of rotatable bonds is 5. The Morgan fingerprint density at radius 2 is 1.88 bits per heavy atom. The Balaban J connectivity index is 2.07. The van der Waals surface area contributed by atoms with Crippen molar-refractivity contribution in [3.63, 3.8) is 0 Å². The fourth-order valence-electron chi connectivity index (χ4n) is 2.19. The molecule has 0 saturated carbocycles. The molecule has 0 fully saturated rings. The molecule has 0 saturated heterocycles. The first-order valence-corrected chi connectivity index (χ1v) is 8.50. The van der Waals surface area contributed by atoms with Crippen LogP contribution in [0.25, 0.3) is 6.08 Å². The first-order chi connectivity index (χ1) is 11.4. The Bertz CT molecular complexity index is 757. The van der Waals surface area contributed by atoms with Gasteiger partial charge in [0.2, 0.25) is 5.91 Å². The predicted octanol–water partition coefficient (Wildman–Crippen LogP) is 4.62. The van der Waals surface area contributed by atoms with Gasteiger partial charge in [0, 0.05) is 11.0 Å². The summed E-state index contributed by atoms with van der Waals surface area (Å²) >= 11 is 1.35. The van der Waals surface area contributed by atoms with E-state index in [1.54, 1.807) is 12.1 Å². The number of esters is 1. The molecule has 126 valence electrons. The van der Waals surface area contributed by atoms with Crippen LogP contribution in [0.15, 0.2) is 36.4 Å². The highest BCUT2D eigenvalue weighted by Gasteiger charge is 2.16. The van der Waals surface area contributed by atoms with Crippen molar-refractivity contribution >= 4 is 34.3 Å². The zero-order valence-corrected chi connectivity index (χ0v) is 15.1. The van der Waals surface area contributed by atoms with Gasteiger partial charge in [-0.05, 0) is 36.1 Å². The molecule has 1 N–H and O–H groups in total. The minimum atomic E-state index is -0.456. The first kappa shape index (κ1) is 17.9. The molecule has 1 heterocycles. The van der Waals surface area contributed by atoms with Crippen LogP contribution in [0.2, 0.25) is 0 Å². The van der Waals surface area contributed by atoms with E-state index in [9.17, 15) is 9.59 Å². The maximum atomic E-state index is 12.1. The number of aryl methyl sites for hydroxylation is 1. The molecule has 0 radical (unpaired) electrons. The fraction of sp³-hybridized carbons (Fsp3) is 0.263. The fourth-order valence-corrected chi connectivity index (χ4v) is 3.09. The van der Waals surface area contributed by atoms with Crippen molar-refractivity contribution in [3.05, 3.63) is 58.0 Å². The molecule has 0 atom stereocenters. The van der Waals surface area contributed by atoms with Gasteiger partial charge in [-0.1, -0.05) is 38.1 Å². The number of hydrogen-bond acceptors (Lipinski definition) is 4. The average molecular weight is 343 g/mol. The SMILES string of the molecule is COC(=O)c1cc(C)sc1NC(=O)/C=C/c1ccc(C(C)C)cc1. The number of amides is 1. The number of anilines is 1. The molecule has 0 aliphatic carbocycles. The molecule has 1 aromatic heterocycles. The van der Waals surface area contributed by atoms with E-state index in [2.05, 4.69) is 31.3 Å². The third-order valence-electron chi connectivity index (χ3n) is 3.53. The van der Waals surface area contributed by atoms with E-state index in [0.29, 0.717) is 16.5 Å². The van der Waals surface area contributed by atoms with E-state index in [0.717, 1.165) is 10.4 Å². The van der Waals surface area contributed by atoms with Gasteiger partial charge in [-0.2, -0.15) is 0 Å². The van der Waals surface area contributed by atoms with Gasteiger partial charge in [0.25, 0.3) is 0 Å². The van der Waals surface area contributed by atoms with Crippen molar-refractivity contribution < 1.29 is 14.3 Å². The highest BCUT2D eigenvalue weighted by Crippen LogP contribution is 2.28. The number of carbonyl (C=O) groups is 2. The summed E-state index contributed by atoms with van der Waals surface area (Å²) in [4.78, 5) is 24.7. The largest absolute Gasteiger partial charge is 0.465 e. The van der Waals surface area contributed by atoms with Crippen molar-refractivity contribution in [2.75, 3.05) is 12.4 Å². The van der Waals surface area contributed by atoms with Crippen LogP contribution < -0.4 is 5.32 Å². The van der Waals surface area contributed by atoms with Gasteiger partial charge < -0.3 is 10.1 Å². The molecule has 5 heteroatoms. The summed E-state index contributed by atoms with van der Waals surface area (Å²) < 4.78 is 4.73. The second-order valence-electron chi connectivity index (χ2n) is 5.74. The van der Waals surface area contributed by atoms with Crippen molar-refractivity contribution in [1.29, 1.82) is 0 Å². The lowest BCUT2D eigenvalue weighted by molar-refractivity contribution is -0.111. The lowest BCUT2D eigenvalue weighted by Crippen LogP contribution is -2.10. The van der Waals surface area contributed by atoms with Crippen molar-refractivity contribution in [3.8, 4) is 0 Å². The predicted molar refractivity (Wildman–Crippen MR) is 98.6 cm³/mol. The molecule has 0 spiro atoms. The molecule has 1 amide bonds. The van der Waals surface area contributed by atoms with Crippen LogP contribution >= 0.6 is 11.3 Å². The molecule has 0 aliphatic heterocycles. The zero-order chi connectivity index (χ0) is 17.7. The lowest BCUT2D eigenvalue weighted by atomic mass is 10.0. The monoisotopic (exact) mass is 343 g/mol. The van der Waals surface area contributed by atoms with Crippen molar-refractivity contribution in [2.45, 2.75) is 26.7 Å². The van der Waals surface area contributed by atoms with E-state index in [-0.39, 0.29) is 5.91 Å².